The highest BCUT2D eigenvalue weighted by atomic mass is 28.4. The summed E-state index contributed by atoms with van der Waals surface area (Å²) in [6.07, 6.45) is 6.07. The number of hydrogen-bond acceptors (Lipinski definition) is 6. The van der Waals surface area contributed by atoms with Crippen molar-refractivity contribution >= 4 is 20.3 Å². The van der Waals surface area contributed by atoms with Crippen LogP contribution in [0.25, 0.3) is 0 Å². The van der Waals surface area contributed by atoms with Crippen molar-refractivity contribution in [1.29, 1.82) is 0 Å². The third-order valence-corrected chi connectivity index (χ3v) is 11.2. The van der Waals surface area contributed by atoms with Crippen LogP contribution >= 0.6 is 0 Å². The molecule has 0 aromatic heterocycles. The van der Waals surface area contributed by atoms with E-state index in [1.807, 2.05) is 26.0 Å². The van der Waals surface area contributed by atoms with Crippen LogP contribution in [0.5, 0.6) is 0 Å². The third-order valence-electron chi connectivity index (χ3n) is 6.70. The van der Waals surface area contributed by atoms with Crippen molar-refractivity contribution in [3.05, 3.63) is 36.5 Å². The highest BCUT2D eigenvalue weighted by Gasteiger charge is 2.41. The fourth-order valence-electron chi connectivity index (χ4n) is 3.59. The molecule has 1 aliphatic heterocycles. The second-order valence-corrected chi connectivity index (χ2v) is 15.7. The lowest BCUT2D eigenvalue weighted by atomic mass is 9.89. The Morgan fingerprint density at radius 1 is 1.30 bits per heavy atom. The third kappa shape index (κ3) is 8.87. The molecule has 188 valence electrons. The van der Waals surface area contributed by atoms with Gasteiger partial charge in [-0.2, -0.15) is 0 Å². The van der Waals surface area contributed by atoms with Crippen molar-refractivity contribution < 1.29 is 28.6 Å². The molecular formula is C26H44O6Si. The lowest BCUT2D eigenvalue weighted by Crippen LogP contribution is -2.46. The maximum Gasteiger partial charge on any atom is 0.308 e. The highest BCUT2D eigenvalue weighted by Crippen LogP contribution is 2.39. The van der Waals surface area contributed by atoms with Gasteiger partial charge in [0.1, 0.15) is 17.8 Å². The molecule has 6 nitrogen and oxygen atoms in total. The molecule has 0 amide bonds. The van der Waals surface area contributed by atoms with Crippen LogP contribution < -0.4 is 0 Å². The summed E-state index contributed by atoms with van der Waals surface area (Å²) in [5.74, 6) is -1.01. The van der Waals surface area contributed by atoms with Crippen LogP contribution in [0, 0.1) is 5.92 Å². The maximum absolute atomic E-state index is 13.0. The van der Waals surface area contributed by atoms with E-state index in [0.29, 0.717) is 12.8 Å². The monoisotopic (exact) mass is 480 g/mol. The molecule has 0 saturated heterocycles. The number of cyclic esters (lactones) is 1. The highest BCUT2D eigenvalue weighted by molar-refractivity contribution is 6.74. The molecule has 0 aliphatic carbocycles. The van der Waals surface area contributed by atoms with Gasteiger partial charge in [-0.25, -0.2) is 0 Å². The van der Waals surface area contributed by atoms with E-state index in [2.05, 4.69) is 40.4 Å². The number of ether oxygens (including phenoxy) is 2. The van der Waals surface area contributed by atoms with Gasteiger partial charge in [0.25, 0.3) is 0 Å². The van der Waals surface area contributed by atoms with Gasteiger partial charge in [-0.3, -0.25) is 9.59 Å². The minimum absolute atomic E-state index is 0.0353. The standard InChI is InChI=1S/C26H44O6Si/c1-11-12-18(2)24-19(3)13-14-22(30-20(4)27)26(8,29)16-15-21(17-23(28)31-24)32-33(9,10)25(5,6)7/h11-14,19,21-22,24,29H,1,15-17H2,2-10H3. The predicted molar refractivity (Wildman–Crippen MR) is 134 cm³/mol. The van der Waals surface area contributed by atoms with E-state index in [9.17, 15) is 14.7 Å². The van der Waals surface area contributed by atoms with Gasteiger partial charge in [-0.05, 0) is 56.5 Å². The predicted octanol–water partition coefficient (Wildman–Crippen LogP) is 5.48. The second kappa shape index (κ2) is 11.6. The topological polar surface area (TPSA) is 82.1 Å². The molecule has 1 heterocycles. The van der Waals surface area contributed by atoms with E-state index in [-0.39, 0.29) is 23.3 Å². The molecule has 7 heteroatoms. The van der Waals surface area contributed by atoms with Crippen molar-refractivity contribution in [2.24, 2.45) is 5.92 Å². The molecule has 1 aliphatic rings. The Morgan fingerprint density at radius 2 is 1.91 bits per heavy atom. The van der Waals surface area contributed by atoms with Gasteiger partial charge in [0.15, 0.2) is 8.32 Å². The molecule has 0 aromatic rings. The molecule has 5 unspecified atom stereocenters. The zero-order valence-electron chi connectivity index (χ0n) is 21.9. The average Bonchev–Trinajstić information content (AvgIpc) is 2.65. The molecule has 1 N–H and O–H groups in total. The van der Waals surface area contributed by atoms with Crippen LogP contribution in [0.15, 0.2) is 36.5 Å². The Bertz CT molecular complexity index is 759. The number of carbonyl (C=O) groups excluding carboxylic acids is 2. The van der Waals surface area contributed by atoms with Gasteiger partial charge in [0, 0.05) is 12.8 Å². The van der Waals surface area contributed by atoms with Gasteiger partial charge >= 0.3 is 11.9 Å². The van der Waals surface area contributed by atoms with Gasteiger partial charge in [0.05, 0.1) is 12.5 Å². The summed E-state index contributed by atoms with van der Waals surface area (Å²) >= 11 is 0. The normalized spacial score (nSPS) is 30.6. The molecule has 5 atom stereocenters. The summed E-state index contributed by atoms with van der Waals surface area (Å²) in [6.45, 7) is 21.2. The summed E-state index contributed by atoms with van der Waals surface area (Å²) in [6, 6.07) is 0. The van der Waals surface area contributed by atoms with Gasteiger partial charge in [-0.15, -0.1) is 0 Å². The van der Waals surface area contributed by atoms with Crippen molar-refractivity contribution in [2.75, 3.05) is 0 Å². The van der Waals surface area contributed by atoms with Gasteiger partial charge in [0.2, 0.25) is 0 Å². The SMILES string of the molecule is C=CC=C(C)C1OC(=O)CC(O[Si](C)(C)C(C)(C)C)CCC(C)(O)C(OC(C)=O)C=CC1C. The van der Waals surface area contributed by atoms with E-state index in [0.717, 1.165) is 5.57 Å². The number of esters is 2. The largest absolute Gasteiger partial charge is 0.457 e. The average molecular weight is 481 g/mol. The van der Waals surface area contributed by atoms with E-state index in [4.69, 9.17) is 13.9 Å². The van der Waals surface area contributed by atoms with Crippen LogP contribution in [-0.2, 0) is 23.5 Å². The zero-order chi connectivity index (χ0) is 25.6. The molecular weight excluding hydrogens is 436 g/mol. The summed E-state index contributed by atoms with van der Waals surface area (Å²) in [5, 5.41) is 11.2. The molecule has 0 bridgehead atoms. The van der Waals surface area contributed by atoms with Crippen LogP contribution in [0.3, 0.4) is 0 Å². The van der Waals surface area contributed by atoms with Crippen LogP contribution in [0.2, 0.25) is 18.1 Å². The fraction of sp³-hybridized carbons (Fsp3) is 0.692. The van der Waals surface area contributed by atoms with Crippen molar-refractivity contribution in [3.8, 4) is 0 Å². The molecule has 0 aromatic carbocycles. The first kappa shape index (κ1) is 29.3. The van der Waals surface area contributed by atoms with Crippen LogP contribution in [0.1, 0.15) is 67.7 Å². The molecule has 0 saturated carbocycles. The Labute approximate surface area is 201 Å². The van der Waals surface area contributed by atoms with Crippen LogP contribution in [-0.4, -0.2) is 49.3 Å². The molecule has 1 rings (SSSR count). The zero-order valence-corrected chi connectivity index (χ0v) is 22.9. The van der Waals surface area contributed by atoms with E-state index in [1.54, 1.807) is 19.1 Å². The first-order valence-corrected chi connectivity index (χ1v) is 14.7. The first-order valence-electron chi connectivity index (χ1n) is 11.7. The van der Waals surface area contributed by atoms with E-state index in [1.165, 1.54) is 6.92 Å². The molecule has 0 spiro atoms. The quantitative estimate of drug-likeness (QED) is 0.243. The minimum Gasteiger partial charge on any atom is -0.457 e. The Hall–Kier alpha value is -1.70. The first-order chi connectivity index (χ1) is 15.0. The summed E-state index contributed by atoms with van der Waals surface area (Å²) in [4.78, 5) is 24.7. The van der Waals surface area contributed by atoms with Crippen molar-refractivity contribution in [2.45, 2.75) is 110 Å². The smallest absolute Gasteiger partial charge is 0.308 e. The summed E-state index contributed by atoms with van der Waals surface area (Å²) < 4.78 is 17.9. The number of rotatable bonds is 5. The minimum atomic E-state index is -2.18. The van der Waals surface area contributed by atoms with E-state index < -0.39 is 38.2 Å². The lowest BCUT2D eigenvalue weighted by Gasteiger charge is -2.40. The fourth-order valence-corrected chi connectivity index (χ4v) is 4.98. The number of hydrogen-bond donors (Lipinski definition) is 1. The number of allylic oxidation sites excluding steroid dienone is 2. The summed E-state index contributed by atoms with van der Waals surface area (Å²) in [7, 11) is -2.18. The van der Waals surface area contributed by atoms with Crippen LogP contribution in [0.4, 0.5) is 0 Å². The number of aliphatic hydroxyl groups is 1. The van der Waals surface area contributed by atoms with Crippen molar-refractivity contribution in [1.82, 2.24) is 0 Å². The van der Waals surface area contributed by atoms with Crippen molar-refractivity contribution in [3.63, 3.8) is 0 Å². The molecule has 0 fully saturated rings. The molecule has 33 heavy (non-hydrogen) atoms. The molecule has 0 radical (unpaired) electrons. The Kier molecular flexibility index (Phi) is 10.3. The lowest BCUT2D eigenvalue weighted by molar-refractivity contribution is -0.157. The van der Waals surface area contributed by atoms with E-state index >= 15 is 0 Å². The second-order valence-electron chi connectivity index (χ2n) is 10.9. The van der Waals surface area contributed by atoms with Gasteiger partial charge < -0.3 is 19.0 Å². The number of carbonyl (C=O) groups is 2. The Balaban J connectivity index is 3.41. The summed E-state index contributed by atoms with van der Waals surface area (Å²) in [5.41, 5.74) is -0.466. The van der Waals surface area contributed by atoms with Gasteiger partial charge in [-0.1, -0.05) is 52.5 Å². The Morgan fingerprint density at radius 3 is 2.42 bits per heavy atom. The maximum atomic E-state index is 13.0.